The van der Waals surface area contributed by atoms with E-state index in [1.165, 1.54) is 42.0 Å². The van der Waals surface area contributed by atoms with E-state index in [2.05, 4.69) is 67.5 Å². The number of hydrogen-bond donors (Lipinski definition) is 6. The molecule has 6 unspecified atom stereocenters. The standard InChI is InChI=1S/2C57H68O9.4CH4/c1-52(2)34-42-41-25-26-44-53(3)32-31-46(65-48(61)28-23-39-18-12-8-13-19-39)54(4,37-64-47(60)27-22-38-16-10-7-11-17-38)43(53)30-33-55(44,5)56(41,6)35-45(59)57(42,36-58)50(63)51(52)66-49(62)29-24-40-20-14-9-15-21-40;1-52(2)34-42-41-25-26-44-53(3)32-31-45(58)54(4,36-64-47(60)27-22-38-16-10-7-11-17-38)43(53)30-33-55(44,5)56(41,6)35-46(59)57(42,37-65-48(61)28-23-39-18-12-8-13-19-39)51(50(52)63)66-49(62)29-24-40-20-14-9-15-21-40;;;;/h2*7-25,27-29,42-46,50-51,58-59,63H,26,30-37H2,1-6H3;4*1H4/b2*27-22+,28-23+,29-24+;;;;/t42?,43?,44?,45-,46+,50+,51+,53+,54-,55-,56-,57+;42?,43?,44?,45-,46+,50-,51-,53-,54+,55+,56+,57-;;;;/m10..../s1. The van der Waals surface area contributed by atoms with Crippen molar-refractivity contribution in [3.63, 3.8) is 0 Å². The number of ether oxygens (including phenoxy) is 6. The van der Waals surface area contributed by atoms with Gasteiger partial charge in [0.2, 0.25) is 0 Å². The molecule has 0 amide bonds. The maximum Gasteiger partial charge on any atom is 0.331 e. The zero-order chi connectivity index (χ0) is 94.2. The normalized spacial score (nSPS) is 35.8. The topological polar surface area (TPSA) is 279 Å². The van der Waals surface area contributed by atoms with Crippen LogP contribution < -0.4 is 0 Å². The summed E-state index contributed by atoms with van der Waals surface area (Å²) in [5.74, 6) is -3.57. The van der Waals surface area contributed by atoms with Gasteiger partial charge < -0.3 is 59.1 Å². The average molecular weight is 1860 g/mol. The predicted molar refractivity (Wildman–Crippen MR) is 538 cm³/mol. The highest BCUT2D eigenvalue weighted by molar-refractivity contribution is 5.90. The molecule has 136 heavy (non-hydrogen) atoms. The van der Waals surface area contributed by atoms with E-state index in [0.29, 0.717) is 38.5 Å². The first kappa shape index (κ1) is 106. The quantitative estimate of drug-likeness (QED) is 0.0159. The number of hydrogen-bond acceptors (Lipinski definition) is 18. The Labute approximate surface area is 809 Å². The van der Waals surface area contributed by atoms with Crippen LogP contribution in [0.25, 0.3) is 36.5 Å². The van der Waals surface area contributed by atoms with Crippen molar-refractivity contribution in [2.45, 2.75) is 252 Å². The third-order valence-corrected chi connectivity index (χ3v) is 35.5. The van der Waals surface area contributed by atoms with Crippen molar-refractivity contribution in [1.29, 1.82) is 0 Å². The maximum atomic E-state index is 13.9. The molecule has 8 saturated carbocycles. The van der Waals surface area contributed by atoms with Crippen molar-refractivity contribution in [3.8, 4) is 0 Å². The van der Waals surface area contributed by atoms with Crippen molar-refractivity contribution in [2.24, 2.45) is 100 Å². The lowest BCUT2D eigenvalue weighted by Crippen LogP contribution is -2.72. The van der Waals surface area contributed by atoms with Crippen LogP contribution in [0.15, 0.2) is 242 Å². The number of aliphatic hydroxyl groups excluding tert-OH is 6. The monoisotopic (exact) mass is 1860 g/mol. The number of fused-ring (bicyclic) bond motifs is 14. The summed E-state index contributed by atoms with van der Waals surface area (Å²) >= 11 is 0. The highest BCUT2D eigenvalue weighted by Gasteiger charge is 2.76. The molecule has 10 aliphatic rings. The molecule has 6 aromatic rings. The van der Waals surface area contributed by atoms with Gasteiger partial charge in [-0.15, -0.1) is 0 Å². The fraction of sp³-hybridized carbons (Fsp3) is 0.508. The molecule has 732 valence electrons. The Hall–Kier alpha value is -10.2. The van der Waals surface area contributed by atoms with Gasteiger partial charge in [-0.3, -0.25) is 0 Å². The van der Waals surface area contributed by atoms with Crippen molar-refractivity contribution < 1.29 is 87.8 Å². The number of rotatable bonds is 22. The Balaban J connectivity index is 0.000000254. The van der Waals surface area contributed by atoms with Crippen LogP contribution in [0.3, 0.4) is 0 Å². The van der Waals surface area contributed by atoms with Gasteiger partial charge >= 0.3 is 35.8 Å². The van der Waals surface area contributed by atoms with Gasteiger partial charge in [-0.05, 0) is 233 Å². The lowest BCUT2D eigenvalue weighted by atomic mass is 9.33. The highest BCUT2D eigenvalue weighted by Crippen LogP contribution is 2.79. The smallest absolute Gasteiger partial charge is 0.331 e. The highest BCUT2D eigenvalue weighted by atomic mass is 16.6. The van der Waals surface area contributed by atoms with E-state index in [1.54, 1.807) is 36.5 Å². The van der Waals surface area contributed by atoms with Crippen molar-refractivity contribution in [1.82, 2.24) is 0 Å². The van der Waals surface area contributed by atoms with Gasteiger partial charge in [0.15, 0.2) is 0 Å². The minimum absolute atomic E-state index is 0. The third-order valence-electron chi connectivity index (χ3n) is 35.5. The molecule has 8 fully saturated rings. The molecule has 0 saturated heterocycles. The maximum absolute atomic E-state index is 13.9. The van der Waals surface area contributed by atoms with Gasteiger partial charge in [-0.25, -0.2) is 28.8 Å². The van der Waals surface area contributed by atoms with E-state index in [-0.39, 0.29) is 101 Å². The molecule has 24 atom stereocenters. The lowest BCUT2D eigenvalue weighted by molar-refractivity contribution is -0.264. The van der Waals surface area contributed by atoms with Crippen molar-refractivity contribution >= 4 is 72.3 Å². The molecule has 0 aromatic heterocycles. The van der Waals surface area contributed by atoms with Crippen LogP contribution in [0.5, 0.6) is 0 Å². The second-order valence-electron chi connectivity index (χ2n) is 43.3. The molecule has 18 heteroatoms. The molecule has 0 radical (unpaired) electrons. The molecule has 0 heterocycles. The molecule has 6 aromatic carbocycles. The lowest BCUT2D eigenvalue weighted by Gasteiger charge is -2.72. The molecule has 0 spiro atoms. The first-order valence-electron chi connectivity index (χ1n) is 47.7. The van der Waals surface area contributed by atoms with Gasteiger partial charge in [0.25, 0.3) is 0 Å². The van der Waals surface area contributed by atoms with E-state index in [4.69, 9.17) is 28.4 Å². The number of esters is 6. The molecule has 10 aliphatic carbocycles. The van der Waals surface area contributed by atoms with E-state index in [0.717, 1.165) is 90.3 Å². The first-order valence-corrected chi connectivity index (χ1v) is 47.7. The van der Waals surface area contributed by atoms with E-state index >= 15 is 0 Å². The van der Waals surface area contributed by atoms with Gasteiger partial charge in [-0.1, -0.05) is 318 Å². The second kappa shape index (κ2) is 41.9. The SMILES string of the molecule is C.C.C.C.CC1(C)CC2C3=CCC4[C@@]5(C)CC[C@H](O)[C@](C)(COC(=O)/C=C/c6ccccc6)C5CC[C@@]4(C)[C@]3(C)C[C@@H](O)[C@@]2(COC(=O)/C=C/c2ccccc2)[C@@H](OC(=O)/C=C/c2ccccc2)[C@@H]1O.CC1(C)CC2C3=CCC4[C@@]5(C)CC[C@H](OC(=O)/C=C/c6ccccc6)[C@](C)(COC(=O)/C=C/c6ccccc6)C5CC[C@@]4(C)[C@]3(C)C[C@@H](O)[C@@]2(CO)[C@@H](O)[C@@H]1OC(=O)/C=C/c1ccccc1. The molecule has 16 rings (SSSR count). The number of carbonyl (C=O) groups excluding carboxylic acids is 6. The van der Waals surface area contributed by atoms with E-state index < -0.39 is 140 Å². The summed E-state index contributed by atoms with van der Waals surface area (Å²) in [4.78, 5) is 80.9. The summed E-state index contributed by atoms with van der Waals surface area (Å²) in [6.45, 7) is 25.7. The van der Waals surface area contributed by atoms with Crippen LogP contribution in [-0.2, 0) is 57.2 Å². The molecule has 0 bridgehead atoms. The van der Waals surface area contributed by atoms with Crippen molar-refractivity contribution in [2.75, 3.05) is 26.4 Å². The fourth-order valence-corrected chi connectivity index (χ4v) is 28.0. The summed E-state index contributed by atoms with van der Waals surface area (Å²) in [7, 11) is 0. The zero-order valence-corrected chi connectivity index (χ0v) is 78.8. The number of benzene rings is 6. The van der Waals surface area contributed by atoms with Crippen LogP contribution >= 0.6 is 0 Å². The van der Waals surface area contributed by atoms with Crippen LogP contribution in [0.4, 0.5) is 0 Å². The zero-order valence-electron chi connectivity index (χ0n) is 78.8. The van der Waals surface area contributed by atoms with E-state index in [1.807, 2.05) is 210 Å². The minimum Gasteiger partial charge on any atom is -0.462 e. The second-order valence-corrected chi connectivity index (χ2v) is 43.3. The Morgan fingerprint density at radius 2 is 0.647 bits per heavy atom. The molecule has 6 N–H and O–H groups in total. The van der Waals surface area contributed by atoms with Crippen LogP contribution in [-0.4, -0.2) is 142 Å². The number of allylic oxidation sites excluding steroid dienone is 4. The van der Waals surface area contributed by atoms with Crippen LogP contribution in [0.1, 0.15) is 236 Å². The fourth-order valence-electron chi connectivity index (χ4n) is 28.0. The first-order chi connectivity index (χ1) is 62.8. The number of carbonyl (C=O) groups is 6. The Bertz CT molecular complexity index is 5410. The summed E-state index contributed by atoms with van der Waals surface area (Å²) in [6, 6.07) is 57.1. The summed E-state index contributed by atoms with van der Waals surface area (Å²) < 4.78 is 37.1. The van der Waals surface area contributed by atoms with E-state index in [9.17, 15) is 59.4 Å². The predicted octanol–water partition coefficient (Wildman–Crippen LogP) is 22.2. The van der Waals surface area contributed by atoms with Crippen LogP contribution in [0.2, 0.25) is 0 Å². The van der Waals surface area contributed by atoms with Gasteiger partial charge in [0.05, 0.1) is 48.5 Å². The molecule has 18 nitrogen and oxygen atoms in total. The minimum atomic E-state index is -1.37. The Morgan fingerprint density at radius 1 is 0.331 bits per heavy atom. The average Bonchev–Trinajstić information content (AvgIpc) is 0.669. The summed E-state index contributed by atoms with van der Waals surface area (Å²) in [5.41, 5.74) is -0.220. The van der Waals surface area contributed by atoms with Gasteiger partial charge in [0.1, 0.15) is 37.6 Å². The summed E-state index contributed by atoms with van der Waals surface area (Å²) in [5, 5.41) is 73.5. The van der Waals surface area contributed by atoms with Crippen molar-refractivity contribution in [3.05, 3.63) is 275 Å². The van der Waals surface area contributed by atoms with Gasteiger partial charge in [0, 0.05) is 52.7 Å². The third kappa shape index (κ3) is 19.6. The Kier molecular flexibility index (Phi) is 32.7. The Morgan fingerprint density at radius 3 is 1.03 bits per heavy atom. The van der Waals surface area contributed by atoms with Crippen LogP contribution in [0, 0.1) is 100 Å². The largest absolute Gasteiger partial charge is 0.462 e. The molecular weight excluding hydrogens is 1710 g/mol. The summed E-state index contributed by atoms with van der Waals surface area (Å²) in [6.07, 6.45) is 24.5. The molecule has 0 aliphatic heterocycles. The number of aliphatic hydroxyl groups is 6. The molecular formula is C118H152O18. The van der Waals surface area contributed by atoms with Gasteiger partial charge in [-0.2, -0.15) is 0 Å².